The molecule has 0 amide bonds. The monoisotopic (exact) mass is 394 g/mol. The van der Waals surface area contributed by atoms with Gasteiger partial charge in [-0.2, -0.15) is 5.10 Å². The molecule has 29 heavy (non-hydrogen) atoms. The summed E-state index contributed by atoms with van der Waals surface area (Å²) in [5, 5.41) is 9.22. The van der Waals surface area contributed by atoms with Gasteiger partial charge in [-0.05, 0) is 50.2 Å². The third-order valence-electron chi connectivity index (χ3n) is 5.33. The highest BCUT2D eigenvalue weighted by molar-refractivity contribution is 5.92. The van der Waals surface area contributed by atoms with Gasteiger partial charge in [-0.25, -0.2) is 9.07 Å². The first kappa shape index (κ1) is 19.6. The van der Waals surface area contributed by atoms with Gasteiger partial charge < -0.3 is 10.1 Å². The number of aromatic nitrogens is 2. The van der Waals surface area contributed by atoms with E-state index >= 15 is 0 Å². The van der Waals surface area contributed by atoms with E-state index in [0.29, 0.717) is 0 Å². The Morgan fingerprint density at radius 1 is 1.17 bits per heavy atom. The number of ether oxygens (including phenoxy) is 1. The summed E-state index contributed by atoms with van der Waals surface area (Å²) in [7, 11) is 0. The molecule has 0 unspecified atom stereocenters. The zero-order valence-electron chi connectivity index (χ0n) is 16.8. The van der Waals surface area contributed by atoms with E-state index in [1.165, 1.54) is 12.1 Å². The molecule has 0 spiro atoms. The molecule has 152 valence electrons. The van der Waals surface area contributed by atoms with Crippen molar-refractivity contribution >= 4 is 16.6 Å². The Morgan fingerprint density at radius 2 is 1.97 bits per heavy atom. The number of halogens is 1. The quantitative estimate of drug-likeness (QED) is 0.619. The maximum atomic E-state index is 13.3. The molecule has 0 radical (unpaired) electrons. The summed E-state index contributed by atoms with van der Waals surface area (Å²) in [6.07, 6.45) is 5.08. The summed E-state index contributed by atoms with van der Waals surface area (Å²) < 4.78 is 20.5. The highest BCUT2D eigenvalue weighted by Gasteiger charge is 2.12. The van der Waals surface area contributed by atoms with Gasteiger partial charge in [0.15, 0.2) is 0 Å². The topological polar surface area (TPSA) is 42.3 Å². The summed E-state index contributed by atoms with van der Waals surface area (Å²) in [4.78, 5) is 2.45. The fourth-order valence-electron chi connectivity index (χ4n) is 3.78. The summed E-state index contributed by atoms with van der Waals surface area (Å²) in [5.41, 5.74) is 4.09. The van der Waals surface area contributed by atoms with Gasteiger partial charge in [0.05, 0.1) is 30.6 Å². The molecule has 0 atom stereocenters. The predicted molar refractivity (Wildman–Crippen MR) is 115 cm³/mol. The number of nitrogens with one attached hydrogen (secondary N) is 1. The minimum absolute atomic E-state index is 0.247. The lowest BCUT2D eigenvalue weighted by Crippen LogP contribution is -2.37. The number of rotatable bonds is 7. The van der Waals surface area contributed by atoms with Crippen molar-refractivity contribution in [2.24, 2.45) is 0 Å². The van der Waals surface area contributed by atoms with Crippen LogP contribution in [0.5, 0.6) is 0 Å². The van der Waals surface area contributed by atoms with Gasteiger partial charge in [0.1, 0.15) is 5.82 Å². The summed E-state index contributed by atoms with van der Waals surface area (Å²) in [6.45, 7) is 7.78. The smallest absolute Gasteiger partial charge is 0.123 e. The van der Waals surface area contributed by atoms with Gasteiger partial charge in [-0.15, -0.1) is 0 Å². The molecule has 0 bridgehead atoms. The van der Waals surface area contributed by atoms with Crippen LogP contribution in [0.4, 0.5) is 4.39 Å². The Morgan fingerprint density at radius 3 is 2.72 bits per heavy atom. The Hall–Kier alpha value is -2.70. The zero-order valence-corrected chi connectivity index (χ0v) is 16.8. The molecule has 4 rings (SSSR count). The van der Waals surface area contributed by atoms with Crippen molar-refractivity contribution in [3.8, 4) is 5.69 Å². The molecule has 2 heterocycles. The minimum atomic E-state index is -0.247. The van der Waals surface area contributed by atoms with Crippen LogP contribution in [0.15, 0.2) is 54.7 Å². The lowest BCUT2D eigenvalue weighted by atomic mass is 10.1. The second-order valence-electron chi connectivity index (χ2n) is 7.21. The number of nitrogens with zero attached hydrogens (tertiary/aromatic N) is 3. The largest absolute Gasteiger partial charge is 0.385 e. The van der Waals surface area contributed by atoms with Crippen molar-refractivity contribution in [2.45, 2.75) is 13.3 Å². The van der Waals surface area contributed by atoms with Crippen molar-refractivity contribution in [3.63, 3.8) is 0 Å². The standard InChI is InChI=1S/C23H27FN4O/c1-2-22(25-11-4-12-27-13-15-29-16-14-27)20-5-3-6-23-21(20)17-26-28(23)19-9-7-18(24)8-10-19/h2-3,5-10,17,25H,4,11-16H2,1H3/b22-2-. The number of morpholine rings is 1. The second-order valence-corrected chi connectivity index (χ2v) is 7.21. The van der Waals surface area contributed by atoms with Gasteiger partial charge in [0.2, 0.25) is 0 Å². The van der Waals surface area contributed by atoms with E-state index in [1.807, 2.05) is 29.9 Å². The molecule has 3 aromatic rings. The first-order valence-electron chi connectivity index (χ1n) is 10.2. The normalized spacial score (nSPS) is 15.7. The molecule has 1 aromatic heterocycles. The average molecular weight is 394 g/mol. The molecular formula is C23H27FN4O. The zero-order chi connectivity index (χ0) is 20.1. The fourth-order valence-corrected chi connectivity index (χ4v) is 3.78. The van der Waals surface area contributed by atoms with Crippen LogP contribution >= 0.6 is 0 Å². The van der Waals surface area contributed by atoms with Crippen LogP contribution in [0.3, 0.4) is 0 Å². The van der Waals surface area contributed by atoms with E-state index in [4.69, 9.17) is 4.74 Å². The third kappa shape index (κ3) is 4.49. The van der Waals surface area contributed by atoms with Crippen LogP contribution in [0, 0.1) is 5.82 Å². The summed E-state index contributed by atoms with van der Waals surface area (Å²) in [6, 6.07) is 12.6. The molecule has 1 fully saturated rings. The van der Waals surface area contributed by atoms with E-state index in [0.717, 1.165) is 73.7 Å². The Balaban J connectivity index is 1.48. The molecule has 2 aromatic carbocycles. The molecule has 6 heteroatoms. The molecule has 0 aliphatic carbocycles. The van der Waals surface area contributed by atoms with Gasteiger partial charge in [-0.3, -0.25) is 4.90 Å². The van der Waals surface area contributed by atoms with E-state index in [-0.39, 0.29) is 5.82 Å². The molecule has 1 saturated heterocycles. The number of hydrogen-bond acceptors (Lipinski definition) is 4. The third-order valence-corrected chi connectivity index (χ3v) is 5.33. The molecule has 1 aliphatic heterocycles. The van der Waals surface area contributed by atoms with Crippen molar-refractivity contribution in [1.29, 1.82) is 0 Å². The van der Waals surface area contributed by atoms with E-state index in [9.17, 15) is 4.39 Å². The van der Waals surface area contributed by atoms with Crippen LogP contribution in [0.1, 0.15) is 18.9 Å². The van der Waals surface area contributed by atoms with Crippen LogP contribution in [0.2, 0.25) is 0 Å². The van der Waals surface area contributed by atoms with Gasteiger partial charge in [0.25, 0.3) is 0 Å². The van der Waals surface area contributed by atoms with Crippen LogP contribution in [-0.2, 0) is 4.74 Å². The Bertz CT molecular complexity index is 974. The van der Waals surface area contributed by atoms with Gasteiger partial charge in [0, 0.05) is 36.3 Å². The summed E-state index contributed by atoms with van der Waals surface area (Å²) in [5.74, 6) is -0.247. The van der Waals surface area contributed by atoms with Crippen molar-refractivity contribution in [3.05, 3.63) is 66.1 Å². The number of benzene rings is 2. The van der Waals surface area contributed by atoms with Crippen LogP contribution < -0.4 is 5.32 Å². The number of hydrogen-bond donors (Lipinski definition) is 1. The second kappa shape index (κ2) is 9.20. The van der Waals surface area contributed by atoms with Gasteiger partial charge >= 0.3 is 0 Å². The maximum absolute atomic E-state index is 13.3. The highest BCUT2D eigenvalue weighted by Crippen LogP contribution is 2.26. The maximum Gasteiger partial charge on any atom is 0.123 e. The first-order valence-corrected chi connectivity index (χ1v) is 10.2. The summed E-state index contributed by atoms with van der Waals surface area (Å²) >= 11 is 0. The van der Waals surface area contributed by atoms with Crippen LogP contribution in [-0.4, -0.2) is 54.1 Å². The molecule has 5 nitrogen and oxygen atoms in total. The minimum Gasteiger partial charge on any atom is -0.385 e. The fraction of sp³-hybridized carbons (Fsp3) is 0.348. The SMILES string of the molecule is C/C=C(\NCCCN1CCOCC1)c1cccc2c1cnn2-c1ccc(F)cc1. The average Bonchev–Trinajstić information content (AvgIpc) is 3.20. The number of allylic oxidation sites excluding steroid dienone is 1. The predicted octanol–water partition coefficient (Wildman–Crippen LogP) is 3.84. The van der Waals surface area contributed by atoms with E-state index in [2.05, 4.69) is 27.5 Å². The van der Waals surface area contributed by atoms with Crippen LogP contribution in [0.25, 0.3) is 22.3 Å². The van der Waals surface area contributed by atoms with Crippen molar-refractivity contribution in [1.82, 2.24) is 20.0 Å². The van der Waals surface area contributed by atoms with Crippen molar-refractivity contribution < 1.29 is 9.13 Å². The lowest BCUT2D eigenvalue weighted by molar-refractivity contribution is 0.0376. The van der Waals surface area contributed by atoms with E-state index < -0.39 is 0 Å². The molecule has 0 saturated carbocycles. The van der Waals surface area contributed by atoms with Gasteiger partial charge in [-0.1, -0.05) is 18.2 Å². The Labute approximate surface area is 170 Å². The number of fused-ring (bicyclic) bond motifs is 1. The Kier molecular flexibility index (Phi) is 6.22. The first-order chi connectivity index (χ1) is 14.3. The molecule has 1 aliphatic rings. The molecular weight excluding hydrogens is 367 g/mol. The lowest BCUT2D eigenvalue weighted by Gasteiger charge is -2.26. The van der Waals surface area contributed by atoms with E-state index in [1.54, 1.807) is 12.1 Å². The highest BCUT2D eigenvalue weighted by atomic mass is 19.1. The molecule has 1 N–H and O–H groups in total. The van der Waals surface area contributed by atoms with Crippen molar-refractivity contribution in [2.75, 3.05) is 39.4 Å².